The molecule has 4 heterocycles. The van der Waals surface area contributed by atoms with Gasteiger partial charge in [0.05, 0.1) is 38.4 Å². The first-order valence-corrected chi connectivity index (χ1v) is 13.6. The molecule has 0 N–H and O–H groups in total. The zero-order valence-electron chi connectivity index (χ0n) is 21.8. The highest BCUT2D eigenvalue weighted by Gasteiger charge is 2.21. The van der Waals surface area contributed by atoms with Crippen molar-refractivity contribution >= 4 is 65.7 Å². The van der Waals surface area contributed by atoms with Crippen LogP contribution in [0.4, 0.5) is 0 Å². The van der Waals surface area contributed by atoms with E-state index in [1.807, 2.05) is 60.8 Å². The lowest BCUT2D eigenvalue weighted by molar-refractivity contribution is 0.660. The van der Waals surface area contributed by atoms with Gasteiger partial charge in [-0.3, -0.25) is 9.78 Å². The van der Waals surface area contributed by atoms with Crippen molar-refractivity contribution in [1.29, 1.82) is 0 Å². The van der Waals surface area contributed by atoms with Crippen LogP contribution in [0.2, 0.25) is 0 Å². The van der Waals surface area contributed by atoms with Crippen LogP contribution in [-0.4, -0.2) is 14.1 Å². The van der Waals surface area contributed by atoms with E-state index in [-0.39, 0.29) is 5.43 Å². The van der Waals surface area contributed by atoms with Crippen LogP contribution in [0.1, 0.15) is 0 Å². The van der Waals surface area contributed by atoms with Gasteiger partial charge >= 0.3 is 0 Å². The molecule has 0 radical (unpaired) electrons. The minimum atomic E-state index is -0.0316. The average molecular weight is 528 g/mol. The molecule has 0 atom stereocenters. The zero-order valence-corrected chi connectivity index (χ0v) is 21.8. The molecule has 41 heavy (non-hydrogen) atoms. The molecule has 0 saturated carbocycles. The van der Waals surface area contributed by atoms with Gasteiger partial charge in [-0.05, 0) is 72.8 Å². The van der Waals surface area contributed by atoms with Crippen molar-refractivity contribution in [2.24, 2.45) is 0 Å². The molecule has 5 heteroatoms. The minimum Gasteiger partial charge on any atom is -0.456 e. The van der Waals surface area contributed by atoms with E-state index in [9.17, 15) is 4.79 Å². The highest BCUT2D eigenvalue weighted by Crippen LogP contribution is 2.41. The Bertz CT molecular complexity index is 2550. The van der Waals surface area contributed by atoms with Gasteiger partial charge in [0.15, 0.2) is 0 Å². The quantitative estimate of drug-likeness (QED) is 0.212. The van der Waals surface area contributed by atoms with Crippen molar-refractivity contribution in [3.63, 3.8) is 0 Å². The second-order valence-electron chi connectivity index (χ2n) is 10.4. The van der Waals surface area contributed by atoms with Crippen molar-refractivity contribution in [3.8, 4) is 11.4 Å². The Kier molecular flexibility index (Phi) is 4.41. The Morgan fingerprint density at radius 1 is 0.512 bits per heavy atom. The lowest BCUT2D eigenvalue weighted by Gasteiger charge is -2.10. The Balaban J connectivity index is 1.43. The van der Waals surface area contributed by atoms with Gasteiger partial charge in [0.25, 0.3) is 0 Å². The third-order valence-corrected chi connectivity index (χ3v) is 8.15. The molecule has 0 aliphatic rings. The Morgan fingerprint density at radius 2 is 1.20 bits per heavy atom. The molecule has 192 valence electrons. The fourth-order valence-corrected chi connectivity index (χ4v) is 6.44. The fourth-order valence-electron chi connectivity index (χ4n) is 6.44. The van der Waals surface area contributed by atoms with E-state index in [0.717, 1.165) is 49.7 Å². The number of pyridine rings is 1. The summed E-state index contributed by atoms with van der Waals surface area (Å²) in [5.74, 6) is 0. The van der Waals surface area contributed by atoms with Gasteiger partial charge in [0.2, 0.25) is 5.43 Å². The maximum atomic E-state index is 13.5. The number of benzene rings is 5. The smallest absolute Gasteiger partial charge is 0.200 e. The normalized spacial score (nSPS) is 12.0. The molecule has 5 aromatic carbocycles. The minimum absolute atomic E-state index is 0.0316. The SMILES string of the molecule is O=c1c2ccccc2oc2ccc(-n3c4cccnc4c4c5c6ccccc6n(-c6ccccc6)c5ccc43)cc12. The second kappa shape index (κ2) is 8.16. The summed E-state index contributed by atoms with van der Waals surface area (Å²) in [6.07, 6.45) is 1.85. The summed E-state index contributed by atoms with van der Waals surface area (Å²) in [7, 11) is 0. The van der Waals surface area contributed by atoms with Crippen LogP contribution in [0.5, 0.6) is 0 Å². The van der Waals surface area contributed by atoms with Crippen LogP contribution >= 0.6 is 0 Å². The number of fused-ring (bicyclic) bond motifs is 9. The number of aromatic nitrogens is 3. The zero-order chi connectivity index (χ0) is 27.1. The first kappa shape index (κ1) is 22.2. The molecule has 0 aliphatic heterocycles. The fraction of sp³-hybridized carbons (Fsp3) is 0. The molecule has 0 amide bonds. The number of hydrogen-bond donors (Lipinski definition) is 0. The van der Waals surface area contributed by atoms with Crippen molar-refractivity contribution in [2.75, 3.05) is 0 Å². The number of rotatable bonds is 2. The van der Waals surface area contributed by atoms with Crippen molar-refractivity contribution in [3.05, 3.63) is 138 Å². The highest BCUT2D eigenvalue weighted by molar-refractivity contribution is 6.28. The first-order chi connectivity index (χ1) is 20.3. The van der Waals surface area contributed by atoms with Gasteiger partial charge in [-0.1, -0.05) is 48.5 Å². The Morgan fingerprint density at radius 3 is 2.07 bits per heavy atom. The van der Waals surface area contributed by atoms with Gasteiger partial charge in [0, 0.05) is 33.7 Å². The maximum absolute atomic E-state index is 13.5. The summed E-state index contributed by atoms with van der Waals surface area (Å²) >= 11 is 0. The van der Waals surface area contributed by atoms with Crippen molar-refractivity contribution in [2.45, 2.75) is 0 Å². The predicted octanol–water partition coefficient (Wildman–Crippen LogP) is 8.54. The van der Waals surface area contributed by atoms with Gasteiger partial charge in [0.1, 0.15) is 11.2 Å². The van der Waals surface area contributed by atoms with Crippen molar-refractivity contribution in [1.82, 2.24) is 14.1 Å². The van der Waals surface area contributed by atoms with Crippen molar-refractivity contribution < 1.29 is 4.42 Å². The molecule has 5 nitrogen and oxygen atoms in total. The molecular weight excluding hydrogens is 506 g/mol. The van der Waals surface area contributed by atoms with E-state index in [1.165, 1.54) is 5.39 Å². The van der Waals surface area contributed by atoms with E-state index in [4.69, 9.17) is 9.40 Å². The van der Waals surface area contributed by atoms with Gasteiger partial charge in [-0.15, -0.1) is 0 Å². The largest absolute Gasteiger partial charge is 0.456 e. The first-order valence-electron chi connectivity index (χ1n) is 13.6. The van der Waals surface area contributed by atoms with E-state index in [0.29, 0.717) is 21.9 Å². The molecule has 0 unspecified atom stereocenters. The average Bonchev–Trinajstić information content (AvgIpc) is 3.54. The number of nitrogens with zero attached hydrogens (tertiary/aromatic N) is 3. The monoisotopic (exact) mass is 527 g/mol. The standard InChI is InChI=1S/C36H21N3O2/c40-36-25-12-5-7-15-31(25)41-32-19-16-23(21-26(32)36)39-29-18-17-28-33(34(29)35-30(39)14-8-20-37-35)24-11-4-6-13-27(24)38(28)22-9-2-1-3-10-22/h1-21H. The number of para-hydroxylation sites is 3. The third kappa shape index (κ3) is 3.00. The third-order valence-electron chi connectivity index (χ3n) is 8.15. The van der Waals surface area contributed by atoms with Crippen LogP contribution in [0.15, 0.2) is 137 Å². The molecular formula is C36H21N3O2. The summed E-state index contributed by atoms with van der Waals surface area (Å²) in [6.45, 7) is 0. The lowest BCUT2D eigenvalue weighted by Crippen LogP contribution is -2.03. The highest BCUT2D eigenvalue weighted by atomic mass is 16.3. The molecule has 0 spiro atoms. The van der Waals surface area contributed by atoms with Crippen LogP contribution in [-0.2, 0) is 0 Å². The molecule has 4 aromatic heterocycles. The molecule has 9 aromatic rings. The van der Waals surface area contributed by atoms with Gasteiger partial charge in [-0.25, -0.2) is 0 Å². The Hall–Kier alpha value is -5.68. The van der Waals surface area contributed by atoms with E-state index >= 15 is 0 Å². The summed E-state index contributed by atoms with van der Waals surface area (Å²) in [4.78, 5) is 18.4. The molecule has 0 fully saturated rings. The van der Waals surface area contributed by atoms with E-state index in [1.54, 1.807) is 0 Å². The van der Waals surface area contributed by atoms with Crippen LogP contribution in [0.25, 0.3) is 77.1 Å². The maximum Gasteiger partial charge on any atom is 0.200 e. The molecule has 0 bridgehead atoms. The van der Waals surface area contributed by atoms with Gasteiger partial charge in [-0.2, -0.15) is 0 Å². The topological polar surface area (TPSA) is 53.0 Å². The predicted molar refractivity (Wildman–Crippen MR) is 166 cm³/mol. The summed E-state index contributed by atoms with van der Waals surface area (Å²) in [6, 6.07) is 40.7. The molecule has 0 aliphatic carbocycles. The summed E-state index contributed by atoms with van der Waals surface area (Å²) in [5.41, 5.74) is 8.35. The molecule has 9 rings (SSSR count). The van der Waals surface area contributed by atoms with Gasteiger partial charge < -0.3 is 13.6 Å². The van der Waals surface area contributed by atoms with Crippen LogP contribution in [0, 0.1) is 0 Å². The Labute approximate surface area is 233 Å². The summed E-state index contributed by atoms with van der Waals surface area (Å²) in [5, 5.41) is 4.57. The second-order valence-corrected chi connectivity index (χ2v) is 10.4. The summed E-state index contributed by atoms with van der Waals surface area (Å²) < 4.78 is 10.6. The van der Waals surface area contributed by atoms with Crippen LogP contribution < -0.4 is 5.43 Å². The van der Waals surface area contributed by atoms with Crippen LogP contribution in [0.3, 0.4) is 0 Å². The van der Waals surface area contributed by atoms with E-state index < -0.39 is 0 Å². The molecule has 0 saturated heterocycles. The lowest BCUT2D eigenvalue weighted by atomic mass is 10.1. The number of hydrogen-bond acceptors (Lipinski definition) is 3. The van der Waals surface area contributed by atoms with E-state index in [2.05, 4.69) is 75.9 Å².